The first-order valence-electron chi connectivity index (χ1n) is 7.98. The molecule has 0 saturated carbocycles. The largest absolute Gasteiger partial charge is 0.481 e. The number of aryl methyl sites for hydroxylation is 1. The number of carboxylic acids is 1. The van der Waals surface area contributed by atoms with Crippen LogP contribution in [-0.2, 0) is 11.2 Å². The van der Waals surface area contributed by atoms with Gasteiger partial charge < -0.3 is 10.0 Å². The lowest BCUT2D eigenvalue weighted by Crippen LogP contribution is -2.16. The number of carbonyl (C=O) groups is 1. The summed E-state index contributed by atoms with van der Waals surface area (Å²) >= 11 is 0. The Morgan fingerprint density at radius 1 is 1.16 bits per heavy atom. The second-order valence-electron chi connectivity index (χ2n) is 5.71. The molecule has 1 aromatic carbocycles. The van der Waals surface area contributed by atoms with E-state index < -0.39 is 5.97 Å². The smallest absolute Gasteiger partial charge is 0.303 e. The van der Waals surface area contributed by atoms with E-state index in [9.17, 15) is 4.79 Å². The number of hydrogen-bond acceptors (Lipinski definition) is 3. The molecule has 25 heavy (non-hydrogen) atoms. The summed E-state index contributed by atoms with van der Waals surface area (Å²) in [7, 11) is -0.205. The minimum Gasteiger partial charge on any atom is -0.481 e. The van der Waals surface area contributed by atoms with E-state index >= 15 is 0 Å². The lowest BCUT2D eigenvalue weighted by Gasteiger charge is -2.17. The zero-order chi connectivity index (χ0) is 17.2. The van der Waals surface area contributed by atoms with Crippen molar-refractivity contribution in [1.29, 1.82) is 0 Å². The highest BCUT2D eigenvalue weighted by molar-refractivity contribution is 8.18. The maximum absolute atomic E-state index is 10.7. The van der Waals surface area contributed by atoms with Gasteiger partial charge in [-0.25, -0.2) is 4.98 Å². The van der Waals surface area contributed by atoms with Crippen LogP contribution < -0.4 is 0 Å². The number of aliphatic carboxylic acids is 1. The van der Waals surface area contributed by atoms with Gasteiger partial charge in [0.2, 0.25) is 0 Å². The molecule has 5 nitrogen and oxygen atoms in total. The molecule has 2 aromatic rings. The molecular formula is C19H17N3O2S. The third-order valence-corrected chi connectivity index (χ3v) is 5.97. The second kappa shape index (κ2) is 6.57. The summed E-state index contributed by atoms with van der Waals surface area (Å²) in [6, 6.07) is 8.01. The Morgan fingerprint density at radius 2 is 2.00 bits per heavy atom. The van der Waals surface area contributed by atoms with Crippen LogP contribution in [0.3, 0.4) is 0 Å². The Morgan fingerprint density at radius 3 is 2.80 bits per heavy atom. The lowest BCUT2D eigenvalue weighted by atomic mass is 10.1. The molecule has 1 atom stereocenters. The second-order valence-corrected chi connectivity index (χ2v) is 7.44. The minimum absolute atomic E-state index is 0.151. The number of benzene rings is 1. The van der Waals surface area contributed by atoms with Crippen LogP contribution in [-0.4, -0.2) is 30.5 Å². The predicted molar refractivity (Wildman–Crippen MR) is 99.6 cm³/mol. The van der Waals surface area contributed by atoms with Crippen molar-refractivity contribution in [3.8, 4) is 5.69 Å². The van der Waals surface area contributed by atoms with Gasteiger partial charge in [-0.1, -0.05) is 28.7 Å². The van der Waals surface area contributed by atoms with Gasteiger partial charge in [-0.05, 0) is 41.7 Å². The number of hydrogen-bond donors (Lipinski definition) is 1. The van der Waals surface area contributed by atoms with Crippen LogP contribution in [0.1, 0.15) is 12.0 Å². The average molecular weight is 351 g/mol. The molecular weight excluding hydrogens is 334 g/mol. The molecule has 126 valence electrons. The third-order valence-electron chi connectivity index (χ3n) is 4.08. The molecule has 0 fully saturated rings. The average Bonchev–Trinajstić information content (AvgIpc) is 3.27. The molecule has 0 bridgehead atoms. The van der Waals surface area contributed by atoms with Crippen LogP contribution in [0.2, 0.25) is 0 Å². The van der Waals surface area contributed by atoms with Crippen LogP contribution in [0.5, 0.6) is 0 Å². The Labute approximate surface area is 148 Å². The molecule has 0 saturated heterocycles. The number of allylic oxidation sites excluding steroid dienone is 2. The van der Waals surface area contributed by atoms with Gasteiger partial charge in [-0.15, -0.1) is 0 Å². The van der Waals surface area contributed by atoms with Crippen LogP contribution in [0.25, 0.3) is 5.69 Å². The zero-order valence-corrected chi connectivity index (χ0v) is 14.3. The van der Waals surface area contributed by atoms with Crippen LogP contribution in [0.4, 0.5) is 0 Å². The van der Waals surface area contributed by atoms with E-state index in [4.69, 9.17) is 5.11 Å². The summed E-state index contributed by atoms with van der Waals surface area (Å²) in [5.41, 5.74) is 2.05. The van der Waals surface area contributed by atoms with E-state index in [1.807, 2.05) is 55.0 Å². The van der Waals surface area contributed by atoms with Crippen molar-refractivity contribution in [2.75, 3.05) is 0 Å². The van der Waals surface area contributed by atoms with Crippen LogP contribution >= 0.6 is 10.5 Å². The number of imidazole rings is 1. The van der Waals surface area contributed by atoms with Crippen molar-refractivity contribution >= 4 is 21.4 Å². The molecule has 4 rings (SSSR count). The van der Waals surface area contributed by atoms with Gasteiger partial charge >= 0.3 is 5.97 Å². The molecule has 0 spiro atoms. The van der Waals surface area contributed by atoms with Crippen molar-refractivity contribution in [3.05, 3.63) is 78.3 Å². The number of aromatic nitrogens is 2. The van der Waals surface area contributed by atoms with Gasteiger partial charge in [0.05, 0.1) is 4.99 Å². The molecule has 1 N–H and O–H groups in total. The van der Waals surface area contributed by atoms with Gasteiger partial charge in [0.1, 0.15) is 0 Å². The first kappa shape index (κ1) is 15.7. The minimum atomic E-state index is -0.772. The summed E-state index contributed by atoms with van der Waals surface area (Å²) in [4.78, 5) is 18.6. The Hall–Kier alpha value is -2.86. The molecule has 0 radical (unpaired) electrons. The van der Waals surface area contributed by atoms with Crippen molar-refractivity contribution in [2.45, 2.75) is 18.0 Å². The van der Waals surface area contributed by atoms with E-state index in [1.165, 1.54) is 4.99 Å². The SMILES string of the molecule is O=C(O)CCc1ccc(-n2ccnc2S2=C3C=CC=CN3C=C2)cc1. The number of rotatable bonds is 5. The van der Waals surface area contributed by atoms with Crippen LogP contribution in [0, 0.1) is 0 Å². The van der Waals surface area contributed by atoms with E-state index in [0.29, 0.717) is 6.42 Å². The Kier molecular flexibility index (Phi) is 4.11. The monoisotopic (exact) mass is 351 g/mol. The van der Waals surface area contributed by atoms with Gasteiger partial charge in [0.15, 0.2) is 5.16 Å². The molecule has 2 aliphatic heterocycles. The van der Waals surface area contributed by atoms with Crippen molar-refractivity contribution in [3.63, 3.8) is 0 Å². The maximum Gasteiger partial charge on any atom is 0.303 e. The van der Waals surface area contributed by atoms with Gasteiger partial charge in [-0.2, -0.15) is 0 Å². The fraction of sp³-hybridized carbons (Fsp3) is 0.105. The first-order valence-corrected chi connectivity index (χ1v) is 9.27. The Bertz CT molecular complexity index is 936. The first-order chi connectivity index (χ1) is 12.2. The van der Waals surface area contributed by atoms with E-state index in [0.717, 1.165) is 16.4 Å². The fourth-order valence-corrected chi connectivity index (χ4v) is 4.65. The highest BCUT2D eigenvalue weighted by Gasteiger charge is 2.19. The van der Waals surface area contributed by atoms with Crippen LogP contribution in [0.15, 0.2) is 77.9 Å². The molecule has 0 amide bonds. The molecule has 3 heterocycles. The quantitative estimate of drug-likeness (QED) is 0.838. The highest BCUT2D eigenvalue weighted by atomic mass is 32.2. The van der Waals surface area contributed by atoms with Gasteiger partial charge in [0.25, 0.3) is 0 Å². The standard InChI is InChI=1S/C19H17N3O2S/c23-18(24)9-6-15-4-7-16(8-5-15)22-12-10-20-19(22)25-14-13-21-11-2-1-3-17(21)25/h1-5,7-8,10-14H,6,9H2,(H,23,24). The number of carboxylic acid groups (broad SMARTS) is 1. The third kappa shape index (κ3) is 3.08. The van der Waals surface area contributed by atoms with Gasteiger partial charge in [-0.3, -0.25) is 9.36 Å². The van der Waals surface area contributed by atoms with Gasteiger partial charge in [0, 0.05) is 36.9 Å². The summed E-state index contributed by atoms with van der Waals surface area (Å²) in [6.45, 7) is 0. The normalized spacial score (nSPS) is 18.0. The van der Waals surface area contributed by atoms with E-state index in [1.54, 1.807) is 0 Å². The predicted octanol–water partition coefficient (Wildman–Crippen LogP) is 3.52. The summed E-state index contributed by atoms with van der Waals surface area (Å²) in [6.07, 6.45) is 14.8. The summed E-state index contributed by atoms with van der Waals surface area (Å²) < 4.78 is 2.09. The van der Waals surface area contributed by atoms with Crippen molar-refractivity contribution in [1.82, 2.24) is 14.5 Å². The molecule has 6 heteroatoms. The molecule has 1 unspecified atom stereocenters. The molecule has 0 aliphatic carbocycles. The zero-order valence-electron chi connectivity index (χ0n) is 13.4. The maximum atomic E-state index is 10.7. The fourth-order valence-electron chi connectivity index (χ4n) is 2.82. The van der Waals surface area contributed by atoms with Crippen molar-refractivity contribution in [2.24, 2.45) is 0 Å². The van der Waals surface area contributed by atoms with E-state index in [2.05, 4.69) is 32.1 Å². The number of fused-ring (bicyclic) bond motifs is 1. The molecule has 1 aromatic heterocycles. The highest BCUT2D eigenvalue weighted by Crippen LogP contribution is 2.36. The summed E-state index contributed by atoms with van der Waals surface area (Å²) in [5.74, 6) is -0.772. The number of nitrogens with zero attached hydrogens (tertiary/aromatic N) is 3. The van der Waals surface area contributed by atoms with E-state index in [-0.39, 0.29) is 16.9 Å². The Balaban J connectivity index is 1.64. The summed E-state index contributed by atoms with van der Waals surface area (Å²) in [5, 5.41) is 12.0. The van der Waals surface area contributed by atoms with Crippen molar-refractivity contribution < 1.29 is 9.90 Å². The molecule has 2 aliphatic rings. The topological polar surface area (TPSA) is 58.4 Å². The lowest BCUT2D eigenvalue weighted by molar-refractivity contribution is -0.136.